The lowest BCUT2D eigenvalue weighted by atomic mass is 10.1. The SMILES string of the molecule is CCCCCCCCOCc1c(F)ccc(Br)c1F. The number of halogens is 3. The first-order valence-electron chi connectivity index (χ1n) is 6.87. The third-order valence-corrected chi connectivity index (χ3v) is 3.64. The molecule has 0 radical (unpaired) electrons. The van der Waals surface area contributed by atoms with Crippen molar-refractivity contribution in [3.05, 3.63) is 33.8 Å². The minimum Gasteiger partial charge on any atom is -0.377 e. The van der Waals surface area contributed by atoms with Crippen LogP contribution in [0, 0.1) is 11.6 Å². The molecule has 0 saturated heterocycles. The molecule has 0 heterocycles. The molecule has 0 fully saturated rings. The van der Waals surface area contributed by atoms with E-state index >= 15 is 0 Å². The van der Waals surface area contributed by atoms with E-state index in [1.165, 1.54) is 37.8 Å². The van der Waals surface area contributed by atoms with Gasteiger partial charge in [0.25, 0.3) is 0 Å². The van der Waals surface area contributed by atoms with Gasteiger partial charge in [-0.25, -0.2) is 8.78 Å². The van der Waals surface area contributed by atoms with Gasteiger partial charge in [0.1, 0.15) is 11.6 Å². The van der Waals surface area contributed by atoms with E-state index in [9.17, 15) is 8.78 Å². The Hall–Kier alpha value is -0.480. The molecule has 0 aliphatic carbocycles. The van der Waals surface area contributed by atoms with E-state index in [1.807, 2.05) is 0 Å². The molecule has 0 aromatic heterocycles. The second-order valence-electron chi connectivity index (χ2n) is 4.64. The van der Waals surface area contributed by atoms with E-state index in [1.54, 1.807) is 0 Å². The molecular weight excluding hydrogens is 314 g/mol. The van der Waals surface area contributed by atoms with Gasteiger partial charge in [-0.2, -0.15) is 0 Å². The van der Waals surface area contributed by atoms with Crippen molar-refractivity contribution in [3.8, 4) is 0 Å². The van der Waals surface area contributed by atoms with Crippen LogP contribution in [0.15, 0.2) is 16.6 Å². The van der Waals surface area contributed by atoms with Crippen LogP contribution in [0.3, 0.4) is 0 Å². The molecule has 0 bridgehead atoms. The van der Waals surface area contributed by atoms with Gasteiger partial charge in [-0.05, 0) is 34.5 Å². The highest BCUT2D eigenvalue weighted by Crippen LogP contribution is 2.22. The highest BCUT2D eigenvalue weighted by atomic mass is 79.9. The molecule has 1 aromatic rings. The van der Waals surface area contributed by atoms with Gasteiger partial charge in [0.2, 0.25) is 0 Å². The van der Waals surface area contributed by atoms with Crippen molar-refractivity contribution >= 4 is 15.9 Å². The Morgan fingerprint density at radius 2 is 1.74 bits per heavy atom. The van der Waals surface area contributed by atoms with Crippen LogP contribution in [-0.2, 0) is 11.3 Å². The standard InChI is InChI=1S/C15H21BrF2O/c1-2-3-4-5-6-7-10-19-11-12-14(17)9-8-13(16)15(12)18/h8-9H,2-7,10-11H2,1H3. The van der Waals surface area contributed by atoms with Gasteiger partial charge in [0, 0.05) is 6.61 Å². The molecule has 4 heteroatoms. The molecule has 19 heavy (non-hydrogen) atoms. The molecule has 0 N–H and O–H groups in total. The molecule has 108 valence electrons. The number of rotatable bonds is 9. The van der Waals surface area contributed by atoms with Gasteiger partial charge >= 0.3 is 0 Å². The first-order chi connectivity index (χ1) is 9.16. The normalized spacial score (nSPS) is 10.9. The Balaban J connectivity index is 2.21. The number of unbranched alkanes of at least 4 members (excludes halogenated alkanes) is 5. The van der Waals surface area contributed by atoms with Crippen molar-refractivity contribution in [2.75, 3.05) is 6.61 Å². The topological polar surface area (TPSA) is 9.23 Å². The molecule has 0 saturated carbocycles. The smallest absolute Gasteiger partial charge is 0.145 e. The largest absolute Gasteiger partial charge is 0.377 e. The van der Waals surface area contributed by atoms with E-state index in [0.29, 0.717) is 6.61 Å². The molecule has 0 aliphatic heterocycles. The fraction of sp³-hybridized carbons (Fsp3) is 0.600. The second-order valence-corrected chi connectivity index (χ2v) is 5.50. The Morgan fingerprint density at radius 3 is 2.47 bits per heavy atom. The molecule has 0 aliphatic rings. The Labute approximate surface area is 122 Å². The maximum Gasteiger partial charge on any atom is 0.145 e. The first-order valence-corrected chi connectivity index (χ1v) is 7.66. The average Bonchev–Trinajstić information content (AvgIpc) is 2.40. The fourth-order valence-electron chi connectivity index (χ4n) is 1.86. The summed E-state index contributed by atoms with van der Waals surface area (Å²) in [6.45, 7) is 2.73. The summed E-state index contributed by atoms with van der Waals surface area (Å²) in [6.07, 6.45) is 7.03. The van der Waals surface area contributed by atoms with Crippen molar-refractivity contribution < 1.29 is 13.5 Å². The summed E-state index contributed by atoms with van der Waals surface area (Å²) >= 11 is 3.04. The minimum absolute atomic E-state index is 0.000331. The lowest BCUT2D eigenvalue weighted by Crippen LogP contribution is -2.02. The molecule has 1 nitrogen and oxygen atoms in total. The van der Waals surface area contributed by atoms with Crippen molar-refractivity contribution in [2.24, 2.45) is 0 Å². The molecule has 0 spiro atoms. The van der Waals surface area contributed by atoms with Crippen molar-refractivity contribution in [3.63, 3.8) is 0 Å². The van der Waals surface area contributed by atoms with Gasteiger partial charge in [0.15, 0.2) is 0 Å². The molecular formula is C15H21BrF2O. The third kappa shape index (κ3) is 6.00. The lowest BCUT2D eigenvalue weighted by molar-refractivity contribution is 0.112. The van der Waals surface area contributed by atoms with Crippen LogP contribution in [0.1, 0.15) is 51.0 Å². The molecule has 1 rings (SSSR count). The zero-order valence-electron chi connectivity index (χ0n) is 11.4. The van der Waals surface area contributed by atoms with E-state index in [-0.39, 0.29) is 16.6 Å². The maximum absolute atomic E-state index is 13.6. The average molecular weight is 335 g/mol. The summed E-state index contributed by atoms with van der Waals surface area (Å²) in [7, 11) is 0. The number of hydrogen-bond acceptors (Lipinski definition) is 1. The first kappa shape index (κ1) is 16.6. The van der Waals surface area contributed by atoms with Crippen LogP contribution in [0.4, 0.5) is 8.78 Å². The van der Waals surface area contributed by atoms with E-state index in [0.717, 1.165) is 12.8 Å². The molecule has 0 unspecified atom stereocenters. The molecule has 0 atom stereocenters. The van der Waals surface area contributed by atoms with Gasteiger partial charge < -0.3 is 4.74 Å². The van der Waals surface area contributed by atoms with Crippen LogP contribution in [0.5, 0.6) is 0 Å². The highest BCUT2D eigenvalue weighted by molar-refractivity contribution is 9.10. The molecule has 0 amide bonds. The summed E-state index contributed by atoms with van der Waals surface area (Å²) in [4.78, 5) is 0. The predicted octanol–water partition coefficient (Wildman–Crippen LogP) is 5.60. The summed E-state index contributed by atoms with van der Waals surface area (Å²) in [5.74, 6) is -1.12. The van der Waals surface area contributed by atoms with E-state index < -0.39 is 11.6 Å². The van der Waals surface area contributed by atoms with Gasteiger partial charge in [-0.3, -0.25) is 0 Å². The van der Waals surface area contributed by atoms with Crippen LogP contribution >= 0.6 is 15.9 Å². The summed E-state index contributed by atoms with van der Waals surface area (Å²) in [6, 6.07) is 2.61. The number of hydrogen-bond donors (Lipinski definition) is 0. The predicted molar refractivity (Wildman–Crippen MR) is 77.1 cm³/mol. The van der Waals surface area contributed by atoms with Crippen LogP contribution in [0.2, 0.25) is 0 Å². The Bertz CT molecular complexity index is 383. The fourth-order valence-corrected chi connectivity index (χ4v) is 2.23. The van der Waals surface area contributed by atoms with Gasteiger partial charge in [-0.15, -0.1) is 0 Å². The quantitative estimate of drug-likeness (QED) is 0.421. The summed E-state index contributed by atoms with van der Waals surface area (Å²) < 4.78 is 32.6. The van der Waals surface area contributed by atoms with Crippen LogP contribution < -0.4 is 0 Å². The Kier molecular flexibility index (Phi) is 8.22. The zero-order valence-corrected chi connectivity index (χ0v) is 12.9. The van der Waals surface area contributed by atoms with Crippen LogP contribution in [-0.4, -0.2) is 6.61 Å². The maximum atomic E-state index is 13.6. The second kappa shape index (κ2) is 9.43. The lowest BCUT2D eigenvalue weighted by Gasteiger charge is -2.08. The van der Waals surface area contributed by atoms with E-state index in [2.05, 4.69) is 22.9 Å². The number of benzene rings is 1. The van der Waals surface area contributed by atoms with E-state index in [4.69, 9.17) is 4.74 Å². The van der Waals surface area contributed by atoms with Crippen molar-refractivity contribution in [1.82, 2.24) is 0 Å². The van der Waals surface area contributed by atoms with Crippen molar-refractivity contribution in [2.45, 2.75) is 52.1 Å². The van der Waals surface area contributed by atoms with Gasteiger partial charge in [0.05, 0.1) is 16.6 Å². The Morgan fingerprint density at radius 1 is 1.05 bits per heavy atom. The zero-order chi connectivity index (χ0) is 14.1. The summed E-state index contributed by atoms with van der Waals surface area (Å²) in [5, 5.41) is 0. The monoisotopic (exact) mass is 334 g/mol. The minimum atomic E-state index is -0.567. The molecule has 1 aromatic carbocycles. The highest BCUT2D eigenvalue weighted by Gasteiger charge is 2.11. The summed E-state index contributed by atoms with van der Waals surface area (Å²) in [5.41, 5.74) is 0.000331. The number of ether oxygens (including phenoxy) is 1. The third-order valence-electron chi connectivity index (χ3n) is 3.03. The van der Waals surface area contributed by atoms with Crippen LogP contribution in [0.25, 0.3) is 0 Å². The van der Waals surface area contributed by atoms with Crippen molar-refractivity contribution in [1.29, 1.82) is 0 Å². The van der Waals surface area contributed by atoms with Gasteiger partial charge in [-0.1, -0.05) is 39.0 Å².